The van der Waals surface area contributed by atoms with Crippen LogP contribution in [0.4, 0.5) is 0 Å². The summed E-state index contributed by atoms with van der Waals surface area (Å²) in [5, 5.41) is 2.67. The summed E-state index contributed by atoms with van der Waals surface area (Å²) < 4.78 is 5.39. The van der Waals surface area contributed by atoms with Gasteiger partial charge in [-0.25, -0.2) is 0 Å². The highest BCUT2D eigenvalue weighted by Crippen LogP contribution is 2.11. The predicted molar refractivity (Wildman–Crippen MR) is 66.3 cm³/mol. The summed E-state index contributed by atoms with van der Waals surface area (Å²) in [7, 11) is 0. The fourth-order valence-electron chi connectivity index (χ4n) is 1.72. The maximum absolute atomic E-state index is 11.8. The fraction of sp³-hybridized carbons (Fsp3) is 0.385. The lowest BCUT2D eigenvalue weighted by Crippen LogP contribution is -2.51. The molecule has 0 aromatic heterocycles. The number of aryl methyl sites for hydroxylation is 1. The van der Waals surface area contributed by atoms with Gasteiger partial charge in [-0.2, -0.15) is 0 Å². The highest BCUT2D eigenvalue weighted by Gasteiger charge is 2.21. The standard InChI is InChI=1S/C13H16N2O3/c1-10-2-4-11(5-3-10)18-9-13(17)15-7-6-14-12(16)8-15/h2-5H,6-9H2,1H3,(H,14,16). The van der Waals surface area contributed by atoms with E-state index in [1.54, 1.807) is 0 Å². The minimum absolute atomic E-state index is 0.0314. The number of piperazine rings is 1. The number of rotatable bonds is 3. The normalized spacial score (nSPS) is 15.2. The maximum atomic E-state index is 11.8. The van der Waals surface area contributed by atoms with E-state index < -0.39 is 0 Å². The van der Waals surface area contributed by atoms with Crippen molar-refractivity contribution in [3.63, 3.8) is 0 Å². The van der Waals surface area contributed by atoms with Gasteiger partial charge in [0.25, 0.3) is 5.91 Å². The van der Waals surface area contributed by atoms with Crippen LogP contribution in [-0.4, -0.2) is 43.0 Å². The molecule has 1 aromatic carbocycles. The van der Waals surface area contributed by atoms with Gasteiger partial charge in [0.2, 0.25) is 5.91 Å². The highest BCUT2D eigenvalue weighted by molar-refractivity contribution is 5.86. The second-order valence-electron chi connectivity index (χ2n) is 4.27. The van der Waals surface area contributed by atoms with Gasteiger partial charge in [0.05, 0.1) is 6.54 Å². The van der Waals surface area contributed by atoms with Gasteiger partial charge < -0.3 is 15.0 Å². The van der Waals surface area contributed by atoms with Crippen LogP contribution in [0.1, 0.15) is 5.56 Å². The van der Waals surface area contributed by atoms with Gasteiger partial charge >= 0.3 is 0 Å². The first-order valence-electron chi connectivity index (χ1n) is 5.89. The SMILES string of the molecule is Cc1ccc(OCC(=O)N2CCNC(=O)C2)cc1. The van der Waals surface area contributed by atoms with Crippen LogP contribution >= 0.6 is 0 Å². The molecule has 1 aromatic rings. The van der Waals surface area contributed by atoms with E-state index in [1.807, 2.05) is 31.2 Å². The van der Waals surface area contributed by atoms with Crippen LogP contribution in [-0.2, 0) is 9.59 Å². The van der Waals surface area contributed by atoms with Crippen molar-refractivity contribution in [2.75, 3.05) is 26.2 Å². The number of nitrogens with one attached hydrogen (secondary N) is 1. The molecule has 2 amide bonds. The summed E-state index contributed by atoms with van der Waals surface area (Å²) in [5.74, 6) is 0.380. The zero-order valence-corrected chi connectivity index (χ0v) is 10.3. The molecular weight excluding hydrogens is 232 g/mol. The first-order valence-corrected chi connectivity index (χ1v) is 5.89. The Bertz CT molecular complexity index is 442. The number of benzene rings is 1. The Morgan fingerprint density at radius 1 is 1.39 bits per heavy atom. The van der Waals surface area contributed by atoms with Gasteiger partial charge in [-0.3, -0.25) is 9.59 Å². The molecule has 0 bridgehead atoms. The summed E-state index contributed by atoms with van der Waals surface area (Å²) in [4.78, 5) is 24.5. The second-order valence-corrected chi connectivity index (χ2v) is 4.27. The number of ether oxygens (including phenoxy) is 1. The molecule has 96 valence electrons. The lowest BCUT2D eigenvalue weighted by molar-refractivity contribution is -0.139. The molecule has 0 unspecified atom stereocenters. The molecular formula is C13H16N2O3. The molecule has 1 saturated heterocycles. The van der Waals surface area contributed by atoms with Crippen LogP contribution in [0.2, 0.25) is 0 Å². The first kappa shape index (κ1) is 12.4. The smallest absolute Gasteiger partial charge is 0.261 e. The second kappa shape index (κ2) is 5.53. The minimum atomic E-state index is -0.162. The lowest BCUT2D eigenvalue weighted by atomic mass is 10.2. The van der Waals surface area contributed by atoms with Gasteiger partial charge in [0.15, 0.2) is 6.61 Å². The van der Waals surface area contributed by atoms with Crippen molar-refractivity contribution < 1.29 is 14.3 Å². The van der Waals surface area contributed by atoms with Gasteiger partial charge in [0.1, 0.15) is 5.75 Å². The Labute approximate surface area is 106 Å². The fourth-order valence-corrected chi connectivity index (χ4v) is 1.72. The molecule has 1 aliphatic heterocycles. The highest BCUT2D eigenvalue weighted by atomic mass is 16.5. The summed E-state index contributed by atoms with van der Waals surface area (Å²) in [6, 6.07) is 7.50. The van der Waals surface area contributed by atoms with Crippen molar-refractivity contribution >= 4 is 11.8 Å². The zero-order chi connectivity index (χ0) is 13.0. The van der Waals surface area contributed by atoms with Gasteiger partial charge in [0, 0.05) is 13.1 Å². The third kappa shape index (κ3) is 3.23. The Morgan fingerprint density at radius 3 is 2.78 bits per heavy atom. The van der Waals surface area contributed by atoms with Crippen LogP contribution in [0, 0.1) is 6.92 Å². The summed E-state index contributed by atoms with van der Waals surface area (Å²) >= 11 is 0. The largest absolute Gasteiger partial charge is 0.484 e. The molecule has 1 aliphatic rings. The molecule has 2 rings (SSSR count). The van der Waals surface area contributed by atoms with Crippen LogP contribution in [0.25, 0.3) is 0 Å². The number of hydrogen-bond acceptors (Lipinski definition) is 3. The van der Waals surface area contributed by atoms with E-state index in [2.05, 4.69) is 5.32 Å². The third-order valence-electron chi connectivity index (χ3n) is 2.77. The van der Waals surface area contributed by atoms with Crippen LogP contribution in [0.3, 0.4) is 0 Å². The van der Waals surface area contributed by atoms with Gasteiger partial charge in [-0.1, -0.05) is 17.7 Å². The lowest BCUT2D eigenvalue weighted by Gasteiger charge is -2.26. The van der Waals surface area contributed by atoms with Crippen molar-refractivity contribution in [1.29, 1.82) is 0 Å². The van der Waals surface area contributed by atoms with Crippen molar-refractivity contribution in [3.05, 3.63) is 29.8 Å². The molecule has 0 saturated carbocycles. The summed E-state index contributed by atoms with van der Waals surface area (Å²) in [5.41, 5.74) is 1.14. The average molecular weight is 248 g/mol. The third-order valence-corrected chi connectivity index (χ3v) is 2.77. The number of carbonyl (C=O) groups is 2. The van der Waals surface area contributed by atoms with Gasteiger partial charge in [-0.05, 0) is 19.1 Å². The molecule has 0 aliphatic carbocycles. The minimum Gasteiger partial charge on any atom is -0.484 e. The molecule has 1 heterocycles. The number of amides is 2. The van der Waals surface area contributed by atoms with Crippen molar-refractivity contribution in [2.24, 2.45) is 0 Å². The van der Waals surface area contributed by atoms with Crippen LogP contribution in [0.15, 0.2) is 24.3 Å². The monoisotopic (exact) mass is 248 g/mol. The van der Waals surface area contributed by atoms with Crippen molar-refractivity contribution in [1.82, 2.24) is 10.2 Å². The van der Waals surface area contributed by atoms with E-state index in [4.69, 9.17) is 4.74 Å². The van der Waals surface area contributed by atoms with Crippen molar-refractivity contribution in [3.8, 4) is 5.75 Å². The maximum Gasteiger partial charge on any atom is 0.261 e. The molecule has 18 heavy (non-hydrogen) atoms. The Balaban J connectivity index is 1.84. The van der Waals surface area contributed by atoms with E-state index >= 15 is 0 Å². The Kier molecular flexibility index (Phi) is 3.82. The van der Waals surface area contributed by atoms with E-state index in [9.17, 15) is 9.59 Å². The zero-order valence-electron chi connectivity index (χ0n) is 10.3. The van der Waals surface area contributed by atoms with Crippen LogP contribution < -0.4 is 10.1 Å². The molecule has 1 fully saturated rings. The topological polar surface area (TPSA) is 58.6 Å². The number of nitrogens with zero attached hydrogens (tertiary/aromatic N) is 1. The molecule has 5 nitrogen and oxygen atoms in total. The van der Waals surface area contributed by atoms with E-state index in [0.717, 1.165) is 5.56 Å². The summed E-state index contributed by atoms with van der Waals surface area (Å²) in [6.07, 6.45) is 0. The van der Waals surface area contributed by atoms with Crippen LogP contribution in [0.5, 0.6) is 5.75 Å². The molecule has 5 heteroatoms. The molecule has 0 spiro atoms. The molecule has 0 radical (unpaired) electrons. The predicted octanol–water partition coefficient (Wildman–Crippen LogP) is 0.332. The van der Waals surface area contributed by atoms with Crippen molar-refractivity contribution in [2.45, 2.75) is 6.92 Å². The quantitative estimate of drug-likeness (QED) is 0.838. The Hall–Kier alpha value is -2.04. The number of hydrogen-bond donors (Lipinski definition) is 1. The first-order chi connectivity index (χ1) is 8.65. The van der Waals surface area contributed by atoms with Gasteiger partial charge in [-0.15, -0.1) is 0 Å². The molecule has 0 atom stereocenters. The molecule has 1 N–H and O–H groups in total. The number of carbonyl (C=O) groups excluding carboxylic acids is 2. The van der Waals surface area contributed by atoms with E-state index in [1.165, 1.54) is 4.90 Å². The Morgan fingerprint density at radius 2 is 2.11 bits per heavy atom. The average Bonchev–Trinajstić information content (AvgIpc) is 2.38. The van der Waals surface area contributed by atoms with E-state index in [0.29, 0.717) is 18.8 Å². The summed E-state index contributed by atoms with van der Waals surface area (Å²) in [6.45, 7) is 3.13. The van der Waals surface area contributed by atoms with E-state index in [-0.39, 0.29) is 25.0 Å².